The fourth-order valence-corrected chi connectivity index (χ4v) is 3.50. The van der Waals surface area contributed by atoms with Crippen molar-refractivity contribution >= 4 is 34.2 Å². The van der Waals surface area contributed by atoms with Crippen LogP contribution in [0.25, 0.3) is 10.8 Å². The van der Waals surface area contributed by atoms with Gasteiger partial charge in [-0.1, -0.05) is 67.1 Å². The molecule has 0 spiro atoms. The van der Waals surface area contributed by atoms with Crippen molar-refractivity contribution in [3.05, 3.63) is 77.3 Å². The van der Waals surface area contributed by atoms with Crippen molar-refractivity contribution in [1.82, 2.24) is 10.2 Å². The van der Waals surface area contributed by atoms with Crippen LogP contribution in [0.5, 0.6) is 5.75 Å². The molecule has 0 fully saturated rings. The molecular weight excluding hydrogens is 424 g/mol. The minimum atomic E-state index is -0.650. The molecule has 5 nitrogen and oxygen atoms in total. The zero-order valence-corrected chi connectivity index (χ0v) is 19.4. The smallest absolute Gasteiger partial charge is 0.261 e. The van der Waals surface area contributed by atoms with Gasteiger partial charge >= 0.3 is 0 Å². The number of hydrogen-bond acceptors (Lipinski definition) is 3. The van der Waals surface area contributed by atoms with Gasteiger partial charge in [-0.2, -0.15) is 0 Å². The van der Waals surface area contributed by atoms with E-state index in [-0.39, 0.29) is 31.0 Å². The quantitative estimate of drug-likeness (QED) is 0.485. The Labute approximate surface area is 194 Å². The predicted octanol–water partition coefficient (Wildman–Crippen LogP) is 5.20. The second-order valence-corrected chi connectivity index (χ2v) is 8.34. The van der Waals surface area contributed by atoms with E-state index >= 15 is 0 Å². The lowest BCUT2D eigenvalue weighted by atomic mass is 10.1. The summed E-state index contributed by atoms with van der Waals surface area (Å²) in [5.41, 5.74) is 0.885. The molecule has 32 heavy (non-hydrogen) atoms. The highest BCUT2D eigenvalue weighted by molar-refractivity contribution is 6.30. The summed E-state index contributed by atoms with van der Waals surface area (Å²) in [6, 6.07) is 20.2. The molecule has 2 unspecified atom stereocenters. The number of amides is 2. The van der Waals surface area contributed by atoms with Crippen LogP contribution in [0.4, 0.5) is 0 Å². The number of fused-ring (bicyclic) bond motifs is 1. The Hall–Kier alpha value is -3.05. The fourth-order valence-electron chi connectivity index (χ4n) is 3.38. The molecule has 0 aliphatic rings. The van der Waals surface area contributed by atoms with Gasteiger partial charge in [-0.25, -0.2) is 0 Å². The van der Waals surface area contributed by atoms with Crippen molar-refractivity contribution < 1.29 is 14.3 Å². The van der Waals surface area contributed by atoms with Gasteiger partial charge in [0.15, 0.2) is 6.61 Å². The highest BCUT2D eigenvalue weighted by atomic mass is 35.5. The number of benzene rings is 3. The van der Waals surface area contributed by atoms with E-state index in [4.69, 9.17) is 16.3 Å². The monoisotopic (exact) mass is 452 g/mol. The van der Waals surface area contributed by atoms with Crippen LogP contribution in [0.3, 0.4) is 0 Å². The summed E-state index contributed by atoms with van der Waals surface area (Å²) in [5, 5.41) is 5.56. The van der Waals surface area contributed by atoms with Crippen LogP contribution in [0.15, 0.2) is 66.7 Å². The zero-order valence-electron chi connectivity index (χ0n) is 18.7. The topological polar surface area (TPSA) is 58.6 Å². The van der Waals surface area contributed by atoms with E-state index in [1.807, 2.05) is 68.4 Å². The van der Waals surface area contributed by atoms with Gasteiger partial charge in [0, 0.05) is 23.0 Å². The lowest BCUT2D eigenvalue weighted by Gasteiger charge is -2.29. The van der Waals surface area contributed by atoms with Crippen LogP contribution in [0, 0.1) is 0 Å². The summed E-state index contributed by atoms with van der Waals surface area (Å²) in [4.78, 5) is 27.6. The zero-order chi connectivity index (χ0) is 23.1. The summed E-state index contributed by atoms with van der Waals surface area (Å²) >= 11 is 6.00. The average molecular weight is 453 g/mol. The Morgan fingerprint density at radius 1 is 1.00 bits per heavy atom. The number of nitrogens with one attached hydrogen (secondary N) is 1. The maximum atomic E-state index is 13.2. The number of halogens is 1. The van der Waals surface area contributed by atoms with Crippen LogP contribution in [-0.2, 0) is 16.1 Å². The normalized spacial score (nSPS) is 12.8. The van der Waals surface area contributed by atoms with Crippen molar-refractivity contribution in [2.45, 2.75) is 45.8 Å². The second kappa shape index (κ2) is 11.0. The van der Waals surface area contributed by atoms with Gasteiger partial charge in [-0.05, 0) is 49.4 Å². The van der Waals surface area contributed by atoms with Crippen LogP contribution < -0.4 is 10.1 Å². The Bertz CT molecular complexity index is 1060. The number of rotatable bonds is 9. The molecule has 0 radical (unpaired) electrons. The third-order valence-corrected chi connectivity index (χ3v) is 5.79. The lowest BCUT2D eigenvalue weighted by molar-refractivity contribution is -0.142. The maximum Gasteiger partial charge on any atom is 0.261 e. The third kappa shape index (κ3) is 6.01. The van der Waals surface area contributed by atoms with E-state index in [1.165, 1.54) is 0 Å². The lowest BCUT2D eigenvalue weighted by Crippen LogP contribution is -2.50. The fraction of sp³-hybridized carbons (Fsp3) is 0.308. The summed E-state index contributed by atoms with van der Waals surface area (Å²) < 4.78 is 5.91. The number of ether oxygens (including phenoxy) is 1. The summed E-state index contributed by atoms with van der Waals surface area (Å²) in [6.07, 6.45) is 0.813. The molecule has 2 atom stereocenters. The molecule has 168 valence electrons. The number of carbonyl (C=O) groups excluding carboxylic acids is 2. The summed E-state index contributed by atoms with van der Waals surface area (Å²) in [5.74, 6) is 0.186. The standard InChI is InChI=1S/C26H29ClN2O3/c1-4-18(2)28-26(31)19(3)29(16-20-12-14-22(27)15-13-20)25(30)17-32-24-11-7-9-21-8-5-6-10-23(21)24/h5-15,18-19H,4,16-17H2,1-3H3,(H,28,31). The van der Waals surface area contributed by atoms with Gasteiger partial charge in [0.25, 0.3) is 5.91 Å². The molecule has 1 N–H and O–H groups in total. The van der Waals surface area contributed by atoms with E-state index in [1.54, 1.807) is 24.0 Å². The Kier molecular flexibility index (Phi) is 8.12. The maximum absolute atomic E-state index is 13.2. The van der Waals surface area contributed by atoms with Crippen molar-refractivity contribution in [3.8, 4) is 5.75 Å². The first-order chi connectivity index (χ1) is 15.4. The number of hydrogen-bond donors (Lipinski definition) is 1. The largest absolute Gasteiger partial charge is 0.483 e. The second-order valence-electron chi connectivity index (χ2n) is 7.91. The van der Waals surface area contributed by atoms with E-state index in [9.17, 15) is 9.59 Å². The average Bonchev–Trinajstić information content (AvgIpc) is 2.81. The van der Waals surface area contributed by atoms with Gasteiger partial charge in [0.2, 0.25) is 5.91 Å². The molecule has 0 saturated heterocycles. The molecule has 6 heteroatoms. The van der Waals surface area contributed by atoms with Gasteiger partial charge in [0.05, 0.1) is 0 Å². The molecule has 0 aliphatic heterocycles. The van der Waals surface area contributed by atoms with E-state index in [0.717, 1.165) is 22.8 Å². The Morgan fingerprint density at radius 3 is 2.41 bits per heavy atom. The minimum absolute atomic E-state index is 0.0318. The Balaban J connectivity index is 1.78. The molecular formula is C26H29ClN2O3. The highest BCUT2D eigenvalue weighted by Gasteiger charge is 2.27. The van der Waals surface area contributed by atoms with Gasteiger partial charge in [0.1, 0.15) is 11.8 Å². The van der Waals surface area contributed by atoms with Crippen LogP contribution in [-0.4, -0.2) is 35.4 Å². The number of nitrogens with zero attached hydrogens (tertiary/aromatic N) is 1. The molecule has 0 heterocycles. The summed E-state index contributed by atoms with van der Waals surface area (Å²) in [6.45, 7) is 5.81. The predicted molar refractivity (Wildman–Crippen MR) is 129 cm³/mol. The molecule has 3 aromatic rings. The molecule has 0 aromatic heterocycles. The Morgan fingerprint density at radius 2 is 1.69 bits per heavy atom. The van der Waals surface area contributed by atoms with Crippen molar-refractivity contribution in [2.75, 3.05) is 6.61 Å². The van der Waals surface area contributed by atoms with Crippen molar-refractivity contribution in [3.63, 3.8) is 0 Å². The molecule has 0 aliphatic carbocycles. The van der Waals surface area contributed by atoms with Crippen LogP contribution in [0.2, 0.25) is 5.02 Å². The minimum Gasteiger partial charge on any atom is -0.483 e. The SMILES string of the molecule is CCC(C)NC(=O)C(C)N(Cc1ccc(Cl)cc1)C(=O)COc1cccc2ccccc12. The van der Waals surface area contributed by atoms with Crippen LogP contribution >= 0.6 is 11.6 Å². The third-order valence-electron chi connectivity index (χ3n) is 5.54. The van der Waals surface area contributed by atoms with Crippen molar-refractivity contribution in [1.29, 1.82) is 0 Å². The van der Waals surface area contributed by atoms with E-state index in [2.05, 4.69) is 5.32 Å². The highest BCUT2D eigenvalue weighted by Crippen LogP contribution is 2.25. The van der Waals surface area contributed by atoms with Crippen molar-refractivity contribution in [2.24, 2.45) is 0 Å². The molecule has 3 rings (SSSR count). The van der Waals surface area contributed by atoms with Gasteiger partial charge in [-0.3, -0.25) is 9.59 Å². The molecule has 3 aromatic carbocycles. The van der Waals surface area contributed by atoms with Gasteiger partial charge < -0.3 is 15.0 Å². The van der Waals surface area contributed by atoms with E-state index < -0.39 is 6.04 Å². The first kappa shape index (κ1) is 23.6. The molecule has 0 bridgehead atoms. The number of carbonyl (C=O) groups is 2. The first-order valence-corrected chi connectivity index (χ1v) is 11.2. The van der Waals surface area contributed by atoms with E-state index in [0.29, 0.717) is 10.8 Å². The molecule has 2 amide bonds. The summed E-state index contributed by atoms with van der Waals surface area (Å²) in [7, 11) is 0. The van der Waals surface area contributed by atoms with Gasteiger partial charge in [-0.15, -0.1) is 0 Å². The van der Waals surface area contributed by atoms with Crippen LogP contribution in [0.1, 0.15) is 32.8 Å². The molecule has 0 saturated carbocycles. The first-order valence-electron chi connectivity index (χ1n) is 10.8.